The van der Waals surface area contributed by atoms with E-state index in [1.807, 2.05) is 68.5 Å². The first-order valence-electron chi connectivity index (χ1n) is 6.03. The van der Waals surface area contributed by atoms with Gasteiger partial charge in [-0.25, -0.2) is 9.97 Å². The molecule has 100 valence electrons. The van der Waals surface area contributed by atoms with Gasteiger partial charge in [-0.05, 0) is 41.6 Å². The van der Waals surface area contributed by atoms with E-state index in [2.05, 4.69) is 15.0 Å². The van der Waals surface area contributed by atoms with Gasteiger partial charge in [0.05, 0.1) is 5.69 Å². The molecule has 2 aromatic heterocycles. The normalized spacial score (nSPS) is 11.6. The molecule has 19 heavy (non-hydrogen) atoms. The van der Waals surface area contributed by atoms with Gasteiger partial charge in [-0.1, -0.05) is 26.8 Å². The highest BCUT2D eigenvalue weighted by molar-refractivity contribution is 14.1. The number of aryl methyl sites for hydroxylation is 1. The maximum absolute atomic E-state index is 12.0. The number of hydrogen-bond acceptors (Lipinski definition) is 3. The molecule has 0 saturated heterocycles. The Morgan fingerprint density at radius 3 is 2.47 bits per heavy atom. The molecule has 0 spiro atoms. The predicted octanol–water partition coefficient (Wildman–Crippen LogP) is 3.04. The summed E-state index contributed by atoms with van der Waals surface area (Å²) in [6.07, 6.45) is 0. The largest absolute Gasteiger partial charge is 0.304 e. The molecular formula is C14H16IN3O. The van der Waals surface area contributed by atoms with Gasteiger partial charge in [0.1, 0.15) is 9.26 Å². The van der Waals surface area contributed by atoms with Crippen molar-refractivity contribution in [2.75, 3.05) is 0 Å². The van der Waals surface area contributed by atoms with Gasteiger partial charge in [-0.2, -0.15) is 0 Å². The van der Waals surface area contributed by atoms with Gasteiger partial charge in [-0.3, -0.25) is 4.79 Å². The summed E-state index contributed by atoms with van der Waals surface area (Å²) in [5.41, 5.74) is 2.10. The number of halogens is 1. The summed E-state index contributed by atoms with van der Waals surface area (Å²) in [5.74, 6) is 0.527. The summed E-state index contributed by atoms with van der Waals surface area (Å²) in [4.78, 5) is 23.8. The van der Waals surface area contributed by atoms with E-state index in [0.29, 0.717) is 15.1 Å². The monoisotopic (exact) mass is 369 g/mol. The molecule has 0 fully saturated rings. The van der Waals surface area contributed by atoms with Crippen LogP contribution in [0.25, 0.3) is 11.5 Å². The van der Waals surface area contributed by atoms with Crippen LogP contribution in [0.15, 0.2) is 23.0 Å². The minimum Gasteiger partial charge on any atom is -0.304 e. The summed E-state index contributed by atoms with van der Waals surface area (Å²) in [5, 5.41) is 0. The van der Waals surface area contributed by atoms with Gasteiger partial charge in [0, 0.05) is 11.1 Å². The number of H-pyrrole nitrogens is 1. The lowest BCUT2D eigenvalue weighted by Crippen LogP contribution is -2.24. The van der Waals surface area contributed by atoms with Crippen molar-refractivity contribution in [2.24, 2.45) is 0 Å². The zero-order chi connectivity index (χ0) is 14.2. The van der Waals surface area contributed by atoms with Gasteiger partial charge in [0.2, 0.25) is 0 Å². The molecule has 0 unspecified atom stereocenters. The number of nitrogens with one attached hydrogen (secondary N) is 1. The second kappa shape index (κ2) is 5.03. The molecule has 0 aliphatic rings. The zero-order valence-corrected chi connectivity index (χ0v) is 13.6. The van der Waals surface area contributed by atoms with Gasteiger partial charge >= 0.3 is 0 Å². The second-order valence-electron chi connectivity index (χ2n) is 5.49. The summed E-state index contributed by atoms with van der Waals surface area (Å²) < 4.78 is 0.640. The van der Waals surface area contributed by atoms with Crippen molar-refractivity contribution in [2.45, 2.75) is 33.1 Å². The smallest absolute Gasteiger partial charge is 0.264 e. The molecule has 5 heteroatoms. The molecule has 1 N–H and O–H groups in total. The predicted molar refractivity (Wildman–Crippen MR) is 84.2 cm³/mol. The molecule has 4 nitrogen and oxygen atoms in total. The lowest BCUT2D eigenvalue weighted by Gasteiger charge is -2.19. The third kappa shape index (κ3) is 3.02. The molecule has 0 aliphatic heterocycles. The summed E-state index contributed by atoms with van der Waals surface area (Å²) >= 11 is 2.05. The third-order valence-electron chi connectivity index (χ3n) is 2.70. The van der Waals surface area contributed by atoms with Gasteiger partial charge < -0.3 is 4.98 Å². The lowest BCUT2D eigenvalue weighted by atomic mass is 9.92. The van der Waals surface area contributed by atoms with Crippen LogP contribution in [0, 0.1) is 10.5 Å². The first-order valence-corrected chi connectivity index (χ1v) is 7.11. The first-order chi connectivity index (χ1) is 8.79. The molecule has 0 saturated carbocycles. The standard InChI is InChI=1S/C14H16IN3O/c1-8-6-5-7-9(16-8)12-17-11(14(2,3)4)10(15)13(19)18-12/h5-7H,1-4H3,(H,17,18,19). The third-order valence-corrected chi connectivity index (χ3v) is 3.70. The Balaban J connectivity index is 2.67. The van der Waals surface area contributed by atoms with Gasteiger partial charge in [-0.15, -0.1) is 0 Å². The minimum absolute atomic E-state index is 0.112. The SMILES string of the molecule is Cc1cccc(-c2nc(C(C)(C)C)c(I)c(=O)[nH]2)n1. The molecule has 0 radical (unpaired) electrons. The van der Waals surface area contributed by atoms with Crippen molar-refractivity contribution in [3.63, 3.8) is 0 Å². The maximum atomic E-state index is 12.0. The lowest BCUT2D eigenvalue weighted by molar-refractivity contribution is 0.562. The number of aromatic nitrogens is 3. The van der Waals surface area contributed by atoms with Crippen molar-refractivity contribution >= 4 is 22.6 Å². The Morgan fingerprint density at radius 1 is 1.21 bits per heavy atom. The van der Waals surface area contributed by atoms with Crippen LogP contribution in [-0.4, -0.2) is 15.0 Å². The highest BCUT2D eigenvalue weighted by atomic mass is 127. The fraction of sp³-hybridized carbons (Fsp3) is 0.357. The first kappa shape index (κ1) is 14.2. The molecule has 0 aliphatic carbocycles. The average molecular weight is 369 g/mol. The zero-order valence-electron chi connectivity index (χ0n) is 11.4. The average Bonchev–Trinajstić information content (AvgIpc) is 2.31. The van der Waals surface area contributed by atoms with Crippen LogP contribution in [0.3, 0.4) is 0 Å². The molecule has 2 rings (SSSR count). The van der Waals surface area contributed by atoms with Gasteiger partial charge in [0.15, 0.2) is 5.82 Å². The molecule has 0 amide bonds. The molecule has 2 heterocycles. The molecule has 0 atom stereocenters. The fourth-order valence-electron chi connectivity index (χ4n) is 1.75. The summed E-state index contributed by atoms with van der Waals surface area (Å²) in [6, 6.07) is 5.68. The Bertz CT molecular complexity index is 671. The number of pyridine rings is 1. The van der Waals surface area contributed by atoms with Crippen molar-refractivity contribution in [3.05, 3.63) is 43.5 Å². The van der Waals surface area contributed by atoms with E-state index in [4.69, 9.17) is 0 Å². The number of aromatic amines is 1. The van der Waals surface area contributed by atoms with Crippen LogP contribution in [-0.2, 0) is 5.41 Å². The second-order valence-corrected chi connectivity index (χ2v) is 6.57. The van der Waals surface area contributed by atoms with E-state index < -0.39 is 0 Å². The molecule has 0 bridgehead atoms. The number of hydrogen-bond donors (Lipinski definition) is 1. The summed E-state index contributed by atoms with van der Waals surface area (Å²) in [6.45, 7) is 8.05. The van der Waals surface area contributed by atoms with Crippen molar-refractivity contribution in [3.8, 4) is 11.5 Å². The van der Waals surface area contributed by atoms with Gasteiger partial charge in [0.25, 0.3) is 5.56 Å². The Kier molecular flexibility index (Phi) is 3.75. The van der Waals surface area contributed by atoms with Crippen molar-refractivity contribution in [1.82, 2.24) is 15.0 Å². The highest BCUT2D eigenvalue weighted by Gasteiger charge is 2.22. The quantitative estimate of drug-likeness (QED) is 0.787. The fourth-order valence-corrected chi connectivity index (χ4v) is 2.82. The van der Waals surface area contributed by atoms with E-state index in [1.165, 1.54) is 0 Å². The molecule has 2 aromatic rings. The van der Waals surface area contributed by atoms with Crippen molar-refractivity contribution < 1.29 is 0 Å². The minimum atomic E-state index is -0.177. The number of nitrogens with zero attached hydrogens (tertiary/aromatic N) is 2. The Morgan fingerprint density at radius 2 is 1.89 bits per heavy atom. The molecule has 0 aromatic carbocycles. The van der Waals surface area contributed by atoms with Crippen LogP contribution in [0.2, 0.25) is 0 Å². The van der Waals surface area contributed by atoms with E-state index in [1.54, 1.807) is 0 Å². The van der Waals surface area contributed by atoms with Crippen LogP contribution in [0.4, 0.5) is 0 Å². The number of rotatable bonds is 1. The van der Waals surface area contributed by atoms with Crippen LogP contribution < -0.4 is 5.56 Å². The summed E-state index contributed by atoms with van der Waals surface area (Å²) in [7, 11) is 0. The van der Waals surface area contributed by atoms with Crippen LogP contribution in [0.5, 0.6) is 0 Å². The topological polar surface area (TPSA) is 58.6 Å². The van der Waals surface area contributed by atoms with Crippen molar-refractivity contribution in [1.29, 1.82) is 0 Å². The van der Waals surface area contributed by atoms with E-state index in [-0.39, 0.29) is 11.0 Å². The van der Waals surface area contributed by atoms with Crippen LogP contribution in [0.1, 0.15) is 32.2 Å². The maximum Gasteiger partial charge on any atom is 0.264 e. The highest BCUT2D eigenvalue weighted by Crippen LogP contribution is 2.24. The van der Waals surface area contributed by atoms with Crippen LogP contribution >= 0.6 is 22.6 Å². The molecular weight excluding hydrogens is 353 g/mol. The van der Waals surface area contributed by atoms with E-state index in [9.17, 15) is 4.79 Å². The Labute approximate surface area is 125 Å². The van der Waals surface area contributed by atoms with E-state index in [0.717, 1.165) is 11.4 Å². The van der Waals surface area contributed by atoms with E-state index >= 15 is 0 Å². The Hall–Kier alpha value is -1.24.